The van der Waals surface area contributed by atoms with Gasteiger partial charge >= 0.3 is 0 Å². The van der Waals surface area contributed by atoms with Gasteiger partial charge in [0.05, 0.1) is 5.60 Å². The third-order valence-electron chi connectivity index (χ3n) is 6.28. The summed E-state index contributed by atoms with van der Waals surface area (Å²) in [6.45, 7) is 4.16. The summed E-state index contributed by atoms with van der Waals surface area (Å²) in [6.07, 6.45) is 8.56. The highest BCUT2D eigenvalue weighted by Gasteiger charge is 2.47. The lowest BCUT2D eigenvalue weighted by atomic mass is 9.69. The standard InChI is InChI=1S/C17H28N2O2/c20-16-2-1-8-19(16)15-5-7-17(21)12-18(11-13-3-4-13)9-6-14(17)10-15/h13-15,21H,1-12H2/t14?,15-,17-/m1/s1. The molecule has 2 heterocycles. The maximum Gasteiger partial charge on any atom is 0.222 e. The van der Waals surface area contributed by atoms with Gasteiger partial charge in [-0.1, -0.05) is 0 Å². The molecule has 2 aliphatic heterocycles. The summed E-state index contributed by atoms with van der Waals surface area (Å²) in [5.41, 5.74) is -0.480. The first-order chi connectivity index (χ1) is 10.1. The third kappa shape index (κ3) is 2.72. The summed E-state index contributed by atoms with van der Waals surface area (Å²) in [4.78, 5) is 16.6. The molecule has 4 heteroatoms. The van der Waals surface area contributed by atoms with Gasteiger partial charge in [-0.25, -0.2) is 0 Å². The normalized spacial score (nSPS) is 41.4. The molecular weight excluding hydrogens is 264 g/mol. The first-order valence-electron chi connectivity index (χ1n) is 8.88. The second-order valence-electron chi connectivity index (χ2n) is 7.89. The molecule has 2 saturated carbocycles. The van der Waals surface area contributed by atoms with Gasteiger partial charge < -0.3 is 14.9 Å². The fourth-order valence-electron chi connectivity index (χ4n) is 4.85. The lowest BCUT2D eigenvalue weighted by Gasteiger charge is -2.51. The van der Waals surface area contributed by atoms with Gasteiger partial charge in [0.25, 0.3) is 0 Å². The van der Waals surface area contributed by atoms with Crippen molar-refractivity contribution >= 4 is 5.91 Å². The van der Waals surface area contributed by atoms with Crippen LogP contribution in [-0.2, 0) is 4.79 Å². The van der Waals surface area contributed by atoms with E-state index in [2.05, 4.69) is 9.80 Å². The van der Waals surface area contributed by atoms with E-state index < -0.39 is 5.60 Å². The van der Waals surface area contributed by atoms with E-state index in [0.717, 1.165) is 64.1 Å². The number of hydrogen-bond acceptors (Lipinski definition) is 3. The maximum absolute atomic E-state index is 11.9. The van der Waals surface area contributed by atoms with E-state index in [9.17, 15) is 9.90 Å². The monoisotopic (exact) mass is 292 g/mol. The van der Waals surface area contributed by atoms with Gasteiger partial charge in [0.2, 0.25) is 5.91 Å². The van der Waals surface area contributed by atoms with Crippen LogP contribution in [0.25, 0.3) is 0 Å². The summed E-state index contributed by atoms with van der Waals surface area (Å²) in [7, 11) is 0. The highest BCUT2D eigenvalue weighted by Crippen LogP contribution is 2.42. The van der Waals surface area contributed by atoms with Crippen LogP contribution in [0.1, 0.15) is 51.4 Å². The first kappa shape index (κ1) is 14.0. The van der Waals surface area contributed by atoms with Crippen molar-refractivity contribution in [2.75, 3.05) is 26.2 Å². The number of nitrogens with zero attached hydrogens (tertiary/aromatic N) is 2. The Labute approximate surface area is 127 Å². The molecule has 0 bridgehead atoms. The first-order valence-corrected chi connectivity index (χ1v) is 8.88. The van der Waals surface area contributed by atoms with Gasteiger partial charge in [-0.3, -0.25) is 4.79 Å². The number of β-amino-alcohol motifs (C(OH)–C–C–N with tert-alkyl or cyclic N) is 1. The number of fused-ring (bicyclic) bond motifs is 1. The fourth-order valence-corrected chi connectivity index (χ4v) is 4.85. The van der Waals surface area contributed by atoms with Crippen LogP contribution < -0.4 is 0 Å². The predicted octanol–water partition coefficient (Wildman–Crippen LogP) is 1.62. The van der Waals surface area contributed by atoms with Crippen molar-refractivity contribution in [3.63, 3.8) is 0 Å². The van der Waals surface area contributed by atoms with Crippen molar-refractivity contribution in [1.82, 2.24) is 9.80 Å². The van der Waals surface area contributed by atoms with Gasteiger partial charge in [-0.05, 0) is 63.3 Å². The summed E-state index contributed by atoms with van der Waals surface area (Å²) >= 11 is 0. The zero-order valence-electron chi connectivity index (χ0n) is 13.0. The van der Waals surface area contributed by atoms with Gasteiger partial charge in [-0.2, -0.15) is 0 Å². The quantitative estimate of drug-likeness (QED) is 0.860. The molecular formula is C17H28N2O2. The summed E-state index contributed by atoms with van der Waals surface area (Å²) in [5.74, 6) is 1.65. The Morgan fingerprint density at radius 3 is 2.76 bits per heavy atom. The molecule has 0 spiro atoms. The minimum absolute atomic E-state index is 0.344. The minimum Gasteiger partial charge on any atom is -0.388 e. The SMILES string of the molecule is O=C1CCCN1[C@@H]1CC[C@@]2(O)CN(CC3CC3)CCC2C1. The van der Waals surface area contributed by atoms with Crippen LogP contribution in [0.2, 0.25) is 0 Å². The molecule has 1 unspecified atom stereocenters. The number of carbonyl (C=O) groups is 1. The summed E-state index contributed by atoms with van der Waals surface area (Å²) in [5, 5.41) is 11.1. The fraction of sp³-hybridized carbons (Fsp3) is 0.941. The zero-order valence-corrected chi connectivity index (χ0v) is 13.0. The Morgan fingerprint density at radius 1 is 1.19 bits per heavy atom. The summed E-state index contributed by atoms with van der Waals surface area (Å²) in [6, 6.07) is 0.403. The average Bonchev–Trinajstić information content (AvgIpc) is 3.17. The molecule has 21 heavy (non-hydrogen) atoms. The van der Waals surface area contributed by atoms with Crippen molar-refractivity contribution in [2.24, 2.45) is 11.8 Å². The molecule has 4 rings (SSSR count). The van der Waals surface area contributed by atoms with Crippen molar-refractivity contribution < 1.29 is 9.90 Å². The van der Waals surface area contributed by atoms with Crippen LogP contribution in [0.5, 0.6) is 0 Å². The van der Waals surface area contributed by atoms with Crippen LogP contribution >= 0.6 is 0 Å². The number of hydrogen-bond donors (Lipinski definition) is 1. The number of aliphatic hydroxyl groups is 1. The maximum atomic E-state index is 11.9. The minimum atomic E-state index is -0.480. The smallest absolute Gasteiger partial charge is 0.222 e. The van der Waals surface area contributed by atoms with Gasteiger partial charge in [-0.15, -0.1) is 0 Å². The Bertz CT molecular complexity index is 423. The second kappa shape index (κ2) is 5.24. The van der Waals surface area contributed by atoms with E-state index in [4.69, 9.17) is 0 Å². The number of carbonyl (C=O) groups excluding carboxylic acids is 1. The molecule has 0 aromatic carbocycles. The molecule has 118 valence electrons. The molecule has 3 atom stereocenters. The van der Waals surface area contributed by atoms with E-state index in [1.165, 1.54) is 19.4 Å². The van der Waals surface area contributed by atoms with Crippen molar-refractivity contribution in [2.45, 2.75) is 63.0 Å². The average molecular weight is 292 g/mol. The van der Waals surface area contributed by atoms with Crippen LogP contribution in [0.15, 0.2) is 0 Å². The molecule has 0 radical (unpaired) electrons. The van der Waals surface area contributed by atoms with Gasteiger partial charge in [0, 0.05) is 32.1 Å². The summed E-state index contributed by atoms with van der Waals surface area (Å²) < 4.78 is 0. The molecule has 2 aliphatic carbocycles. The molecule has 4 nitrogen and oxygen atoms in total. The lowest BCUT2D eigenvalue weighted by Crippen LogP contribution is -2.58. The third-order valence-corrected chi connectivity index (χ3v) is 6.28. The molecule has 0 aromatic rings. The number of rotatable bonds is 3. The van der Waals surface area contributed by atoms with Gasteiger partial charge in [0.15, 0.2) is 0 Å². The van der Waals surface area contributed by atoms with E-state index in [1.54, 1.807) is 0 Å². The molecule has 1 N–H and O–H groups in total. The van der Waals surface area contributed by atoms with Crippen molar-refractivity contribution in [3.05, 3.63) is 0 Å². The van der Waals surface area contributed by atoms with Crippen LogP contribution in [-0.4, -0.2) is 58.6 Å². The number of amides is 1. The van der Waals surface area contributed by atoms with Crippen LogP contribution in [0.3, 0.4) is 0 Å². The van der Waals surface area contributed by atoms with Crippen molar-refractivity contribution in [3.8, 4) is 0 Å². The zero-order chi connectivity index (χ0) is 14.4. The Hall–Kier alpha value is -0.610. The predicted molar refractivity (Wildman–Crippen MR) is 80.8 cm³/mol. The number of piperidine rings is 1. The molecule has 4 fully saturated rings. The molecule has 1 amide bonds. The lowest BCUT2D eigenvalue weighted by molar-refractivity contribution is -0.138. The molecule has 0 aromatic heterocycles. The van der Waals surface area contributed by atoms with E-state index in [-0.39, 0.29) is 0 Å². The largest absolute Gasteiger partial charge is 0.388 e. The Balaban J connectivity index is 1.39. The van der Waals surface area contributed by atoms with E-state index >= 15 is 0 Å². The van der Waals surface area contributed by atoms with Crippen molar-refractivity contribution in [1.29, 1.82) is 0 Å². The van der Waals surface area contributed by atoms with E-state index in [1.807, 2.05) is 0 Å². The Kier molecular flexibility index (Phi) is 3.49. The molecule has 2 saturated heterocycles. The van der Waals surface area contributed by atoms with Crippen LogP contribution in [0, 0.1) is 11.8 Å². The molecule has 4 aliphatic rings. The van der Waals surface area contributed by atoms with Gasteiger partial charge in [0.1, 0.15) is 0 Å². The highest BCUT2D eigenvalue weighted by atomic mass is 16.3. The highest BCUT2D eigenvalue weighted by molar-refractivity contribution is 5.78. The topological polar surface area (TPSA) is 43.8 Å². The van der Waals surface area contributed by atoms with E-state index in [0.29, 0.717) is 17.9 Å². The van der Waals surface area contributed by atoms with Crippen LogP contribution in [0.4, 0.5) is 0 Å². The number of likely N-dealkylation sites (tertiary alicyclic amines) is 2. The second-order valence-corrected chi connectivity index (χ2v) is 7.89. The Morgan fingerprint density at radius 2 is 2.05 bits per heavy atom.